The maximum absolute atomic E-state index is 12.9. The van der Waals surface area contributed by atoms with E-state index < -0.39 is 0 Å². The van der Waals surface area contributed by atoms with E-state index in [4.69, 9.17) is 0 Å². The zero-order chi connectivity index (χ0) is 19.7. The average Bonchev–Trinajstić information content (AvgIpc) is 3.04. The van der Waals surface area contributed by atoms with E-state index in [2.05, 4.69) is 32.1 Å². The number of H-pyrrole nitrogens is 1. The molecule has 148 valence electrons. The Hall–Kier alpha value is -2.67. The van der Waals surface area contributed by atoms with Crippen molar-refractivity contribution in [1.82, 2.24) is 20.2 Å². The normalized spacial score (nSPS) is 17.5. The molecule has 0 atom stereocenters. The summed E-state index contributed by atoms with van der Waals surface area (Å²) in [6.45, 7) is 6.10. The first-order valence-electron chi connectivity index (χ1n) is 9.95. The molecule has 2 aliphatic rings. The van der Waals surface area contributed by atoms with Crippen molar-refractivity contribution in [3.63, 3.8) is 0 Å². The van der Waals surface area contributed by atoms with Gasteiger partial charge < -0.3 is 20.1 Å². The van der Waals surface area contributed by atoms with E-state index in [1.165, 1.54) is 0 Å². The van der Waals surface area contributed by atoms with Crippen molar-refractivity contribution in [2.75, 3.05) is 38.1 Å². The first-order valence-corrected chi connectivity index (χ1v) is 9.95. The number of pyridine rings is 1. The van der Waals surface area contributed by atoms with Crippen LogP contribution in [0.1, 0.15) is 50.5 Å². The summed E-state index contributed by atoms with van der Waals surface area (Å²) in [5.74, 6) is 0.800. The molecule has 0 aromatic carbocycles. The molecule has 2 aromatic heterocycles. The highest BCUT2D eigenvalue weighted by Gasteiger charge is 2.28. The Morgan fingerprint density at radius 3 is 2.82 bits per heavy atom. The summed E-state index contributed by atoms with van der Waals surface area (Å²) in [7, 11) is 2.12. The summed E-state index contributed by atoms with van der Waals surface area (Å²) in [6.07, 6.45) is 3.98. The molecular formula is C21H27N5O2. The second-order valence-electron chi connectivity index (χ2n) is 7.71. The van der Waals surface area contributed by atoms with E-state index in [1.807, 2.05) is 19.1 Å². The summed E-state index contributed by atoms with van der Waals surface area (Å²) in [6, 6.07) is 3.90. The fourth-order valence-corrected chi connectivity index (χ4v) is 4.15. The molecule has 1 aliphatic heterocycles. The van der Waals surface area contributed by atoms with E-state index in [1.54, 1.807) is 6.20 Å². The van der Waals surface area contributed by atoms with E-state index in [-0.39, 0.29) is 11.7 Å². The molecule has 0 radical (unpaired) electrons. The van der Waals surface area contributed by atoms with Crippen LogP contribution in [0.3, 0.4) is 0 Å². The van der Waals surface area contributed by atoms with E-state index in [0.717, 1.165) is 61.8 Å². The highest BCUT2D eigenvalue weighted by atomic mass is 16.2. The molecule has 2 aromatic rings. The molecule has 28 heavy (non-hydrogen) atoms. The smallest absolute Gasteiger partial charge is 0.254 e. The number of fused-ring (bicyclic) bond motifs is 1. The Bertz CT molecular complexity index is 896. The topological polar surface area (TPSA) is 81.3 Å². The number of hydrogen-bond acceptors (Lipinski definition) is 5. The van der Waals surface area contributed by atoms with Gasteiger partial charge in [0, 0.05) is 62.3 Å². The molecule has 4 rings (SSSR count). The van der Waals surface area contributed by atoms with Crippen LogP contribution in [0.5, 0.6) is 0 Å². The van der Waals surface area contributed by atoms with Gasteiger partial charge in [0.05, 0.1) is 11.1 Å². The molecule has 1 amide bonds. The minimum Gasteiger partial charge on any atom is -0.361 e. The van der Waals surface area contributed by atoms with Gasteiger partial charge in [-0.3, -0.25) is 9.59 Å². The fourth-order valence-electron chi connectivity index (χ4n) is 4.15. The van der Waals surface area contributed by atoms with Gasteiger partial charge in [-0.15, -0.1) is 0 Å². The van der Waals surface area contributed by atoms with Crippen LogP contribution in [0.25, 0.3) is 0 Å². The zero-order valence-corrected chi connectivity index (χ0v) is 16.5. The van der Waals surface area contributed by atoms with Crippen molar-refractivity contribution < 1.29 is 9.59 Å². The third kappa shape index (κ3) is 3.54. The van der Waals surface area contributed by atoms with Gasteiger partial charge in [0.1, 0.15) is 5.82 Å². The molecule has 3 heterocycles. The van der Waals surface area contributed by atoms with Crippen molar-refractivity contribution in [2.45, 2.75) is 32.7 Å². The second-order valence-corrected chi connectivity index (χ2v) is 7.71. The van der Waals surface area contributed by atoms with Gasteiger partial charge in [0.2, 0.25) is 0 Å². The molecular weight excluding hydrogens is 354 g/mol. The van der Waals surface area contributed by atoms with Gasteiger partial charge in [-0.2, -0.15) is 0 Å². The molecule has 1 saturated heterocycles. The van der Waals surface area contributed by atoms with Crippen LogP contribution in [0.2, 0.25) is 0 Å². The minimum absolute atomic E-state index is 0.0650. The number of rotatable bonds is 4. The van der Waals surface area contributed by atoms with Crippen molar-refractivity contribution >= 4 is 17.5 Å². The Balaban J connectivity index is 1.51. The number of likely N-dealkylation sites (N-methyl/N-ethyl adjacent to an activating group) is 1. The highest BCUT2D eigenvalue weighted by molar-refractivity contribution is 6.10. The lowest BCUT2D eigenvalue weighted by atomic mass is 9.93. The number of nitrogens with zero attached hydrogens (tertiary/aromatic N) is 3. The predicted octanol–water partition coefficient (Wildman–Crippen LogP) is 1.92. The Labute approximate surface area is 165 Å². The number of carbonyl (C=O) groups excluding carboxylic acids is 2. The summed E-state index contributed by atoms with van der Waals surface area (Å²) >= 11 is 0. The number of carbonyl (C=O) groups is 2. The quantitative estimate of drug-likeness (QED) is 0.846. The van der Waals surface area contributed by atoms with Gasteiger partial charge in [-0.05, 0) is 32.9 Å². The van der Waals surface area contributed by atoms with Crippen LogP contribution >= 0.6 is 0 Å². The standard InChI is InChI=1S/C21H27N5O2/c1-14-18(19-16(24-14)6-3-7-17(19)27)21(28)23-13-15-5-4-8-22-20(15)26-11-9-25(2)10-12-26/h4-5,8,24H,3,6-7,9-13H2,1-2H3,(H,23,28). The molecule has 7 heteroatoms. The maximum Gasteiger partial charge on any atom is 0.254 e. The number of anilines is 1. The lowest BCUT2D eigenvalue weighted by Crippen LogP contribution is -2.45. The number of hydrogen-bond donors (Lipinski definition) is 2. The number of aromatic amines is 1. The number of ketones is 1. The number of aryl methyl sites for hydroxylation is 2. The zero-order valence-electron chi connectivity index (χ0n) is 16.5. The van der Waals surface area contributed by atoms with E-state index >= 15 is 0 Å². The molecule has 7 nitrogen and oxygen atoms in total. The Kier molecular flexibility index (Phi) is 5.17. The number of aromatic nitrogens is 2. The fraction of sp³-hybridized carbons (Fsp3) is 0.476. The number of nitrogens with one attached hydrogen (secondary N) is 2. The number of piperazine rings is 1. The van der Waals surface area contributed by atoms with Gasteiger partial charge in [0.25, 0.3) is 5.91 Å². The summed E-state index contributed by atoms with van der Waals surface area (Å²) in [5.41, 5.74) is 3.76. The van der Waals surface area contributed by atoms with Gasteiger partial charge >= 0.3 is 0 Å². The van der Waals surface area contributed by atoms with Gasteiger partial charge in [-0.25, -0.2) is 4.98 Å². The SMILES string of the molecule is Cc1[nH]c2c(c1C(=O)NCc1cccnc1N1CCN(C)CC1)C(=O)CCC2. The van der Waals surface area contributed by atoms with Crippen LogP contribution in [0.15, 0.2) is 18.3 Å². The predicted molar refractivity (Wildman–Crippen MR) is 108 cm³/mol. The Morgan fingerprint density at radius 2 is 2.04 bits per heavy atom. The van der Waals surface area contributed by atoms with Crippen molar-refractivity contribution in [3.8, 4) is 0 Å². The van der Waals surface area contributed by atoms with Crippen LogP contribution in [0, 0.1) is 6.92 Å². The second kappa shape index (κ2) is 7.75. The summed E-state index contributed by atoms with van der Waals surface area (Å²) < 4.78 is 0. The monoisotopic (exact) mass is 381 g/mol. The van der Waals surface area contributed by atoms with Crippen molar-refractivity contribution in [1.29, 1.82) is 0 Å². The van der Waals surface area contributed by atoms with Crippen molar-refractivity contribution in [2.24, 2.45) is 0 Å². The number of amides is 1. The van der Waals surface area contributed by atoms with Gasteiger partial charge in [0.15, 0.2) is 5.78 Å². The first kappa shape index (κ1) is 18.7. The lowest BCUT2D eigenvalue weighted by molar-refractivity contribution is 0.0926. The van der Waals surface area contributed by atoms with Crippen LogP contribution < -0.4 is 10.2 Å². The largest absolute Gasteiger partial charge is 0.361 e. The van der Waals surface area contributed by atoms with E-state index in [0.29, 0.717) is 24.1 Å². The molecule has 0 unspecified atom stereocenters. The highest BCUT2D eigenvalue weighted by Crippen LogP contribution is 2.27. The molecule has 2 N–H and O–H groups in total. The van der Waals surface area contributed by atoms with E-state index in [9.17, 15) is 9.59 Å². The summed E-state index contributed by atoms with van der Waals surface area (Å²) in [4.78, 5) is 37.7. The van der Waals surface area contributed by atoms with Crippen LogP contribution in [0.4, 0.5) is 5.82 Å². The van der Waals surface area contributed by atoms with Gasteiger partial charge in [-0.1, -0.05) is 6.07 Å². The minimum atomic E-state index is -0.196. The molecule has 0 saturated carbocycles. The molecule has 0 spiro atoms. The molecule has 1 aliphatic carbocycles. The molecule has 0 bridgehead atoms. The first-order chi connectivity index (χ1) is 13.5. The average molecular weight is 381 g/mol. The summed E-state index contributed by atoms with van der Waals surface area (Å²) in [5, 5.41) is 3.01. The maximum atomic E-state index is 12.9. The van der Waals surface area contributed by atoms with Crippen LogP contribution in [-0.2, 0) is 13.0 Å². The third-order valence-corrected chi connectivity index (χ3v) is 5.71. The molecule has 1 fully saturated rings. The lowest BCUT2D eigenvalue weighted by Gasteiger charge is -2.34. The third-order valence-electron chi connectivity index (χ3n) is 5.71. The Morgan fingerprint density at radius 1 is 1.25 bits per heavy atom. The van der Waals surface area contributed by atoms with Crippen LogP contribution in [-0.4, -0.2) is 59.8 Å². The van der Waals surface area contributed by atoms with Crippen molar-refractivity contribution in [3.05, 3.63) is 46.4 Å². The number of Topliss-reactive ketones (excluding diaryl/α,β-unsaturated/α-hetero) is 1.